The lowest BCUT2D eigenvalue weighted by molar-refractivity contribution is 0.0934. The van der Waals surface area contributed by atoms with Crippen LogP contribution >= 0.6 is 11.6 Å². The predicted molar refractivity (Wildman–Crippen MR) is 56.5 cm³/mol. The molecule has 1 amide bonds. The maximum atomic E-state index is 11.5. The third kappa shape index (κ3) is 3.34. The molecule has 1 aromatic heterocycles. The largest absolute Gasteiger partial charge is 0.348 e. The number of pyridine rings is 1. The van der Waals surface area contributed by atoms with Gasteiger partial charge in [-0.3, -0.25) is 9.78 Å². The molecule has 0 saturated heterocycles. The van der Waals surface area contributed by atoms with E-state index in [2.05, 4.69) is 10.3 Å². The molecule has 14 heavy (non-hydrogen) atoms. The molecule has 1 unspecified atom stereocenters. The fourth-order valence-corrected chi connectivity index (χ4v) is 1.36. The molecule has 0 aromatic carbocycles. The summed E-state index contributed by atoms with van der Waals surface area (Å²) in [5, 5.41) is 2.81. The number of carbonyl (C=O) groups is 1. The van der Waals surface area contributed by atoms with E-state index in [9.17, 15) is 4.79 Å². The molecule has 0 aliphatic heterocycles. The molecule has 0 fully saturated rings. The summed E-state index contributed by atoms with van der Waals surface area (Å²) in [5.74, 6) is 0.396. The summed E-state index contributed by atoms with van der Waals surface area (Å²) in [6, 6.07) is 5.33. The van der Waals surface area contributed by atoms with Gasteiger partial charge >= 0.3 is 0 Å². The molecular weight excluding hydrogens is 200 g/mol. The summed E-state index contributed by atoms with van der Waals surface area (Å²) >= 11 is 5.56. The Morgan fingerprint density at radius 3 is 3.00 bits per heavy atom. The highest BCUT2D eigenvalue weighted by Gasteiger charge is 2.09. The van der Waals surface area contributed by atoms with E-state index in [-0.39, 0.29) is 11.9 Å². The first kappa shape index (κ1) is 11.0. The van der Waals surface area contributed by atoms with Crippen LogP contribution < -0.4 is 5.32 Å². The van der Waals surface area contributed by atoms with Gasteiger partial charge in [0.05, 0.1) is 0 Å². The smallest absolute Gasteiger partial charge is 0.270 e. The Kier molecular flexibility index (Phi) is 4.40. The van der Waals surface area contributed by atoms with Gasteiger partial charge in [-0.25, -0.2) is 0 Å². The van der Waals surface area contributed by atoms with Gasteiger partial charge < -0.3 is 5.32 Å². The summed E-state index contributed by atoms with van der Waals surface area (Å²) < 4.78 is 0. The Balaban J connectivity index is 2.51. The number of halogens is 1. The third-order valence-electron chi connectivity index (χ3n) is 1.82. The topological polar surface area (TPSA) is 42.0 Å². The number of amides is 1. The summed E-state index contributed by atoms with van der Waals surface area (Å²) in [6.07, 6.45) is 2.36. The second-order valence-corrected chi connectivity index (χ2v) is 3.45. The number of hydrogen-bond acceptors (Lipinski definition) is 2. The van der Waals surface area contributed by atoms with Crippen LogP contribution in [-0.4, -0.2) is 22.8 Å². The first-order valence-electron chi connectivity index (χ1n) is 4.52. The number of rotatable bonds is 4. The van der Waals surface area contributed by atoms with Crippen LogP contribution in [0.1, 0.15) is 23.8 Å². The van der Waals surface area contributed by atoms with Gasteiger partial charge in [0.15, 0.2) is 0 Å². The fourth-order valence-electron chi connectivity index (χ4n) is 1.03. The first-order chi connectivity index (χ1) is 6.74. The van der Waals surface area contributed by atoms with E-state index >= 15 is 0 Å². The van der Waals surface area contributed by atoms with Gasteiger partial charge in [0.1, 0.15) is 5.69 Å². The van der Waals surface area contributed by atoms with Gasteiger partial charge in [-0.05, 0) is 25.5 Å². The zero-order valence-corrected chi connectivity index (χ0v) is 8.79. The molecule has 1 N–H and O–H groups in total. The van der Waals surface area contributed by atoms with E-state index in [1.54, 1.807) is 24.4 Å². The number of hydrogen-bond donors (Lipinski definition) is 1. The van der Waals surface area contributed by atoms with Crippen molar-refractivity contribution in [2.45, 2.75) is 19.4 Å². The van der Waals surface area contributed by atoms with Crippen molar-refractivity contribution in [3.8, 4) is 0 Å². The minimum atomic E-state index is -0.150. The highest BCUT2D eigenvalue weighted by molar-refractivity contribution is 6.17. The summed E-state index contributed by atoms with van der Waals surface area (Å²) in [7, 11) is 0. The predicted octanol–water partition coefficient (Wildman–Crippen LogP) is 1.83. The molecule has 0 aliphatic rings. The van der Waals surface area contributed by atoms with Crippen LogP contribution in [0, 0.1) is 0 Å². The van der Waals surface area contributed by atoms with Crippen molar-refractivity contribution in [1.29, 1.82) is 0 Å². The maximum absolute atomic E-state index is 11.5. The molecular formula is C10H13ClN2O. The van der Waals surface area contributed by atoms with Crippen LogP contribution in [0.15, 0.2) is 24.4 Å². The number of nitrogens with one attached hydrogen (secondary N) is 1. The van der Waals surface area contributed by atoms with E-state index in [1.807, 2.05) is 6.92 Å². The third-order valence-corrected chi connectivity index (χ3v) is 2.04. The molecule has 76 valence electrons. The molecule has 1 aromatic rings. The van der Waals surface area contributed by atoms with Gasteiger partial charge in [-0.1, -0.05) is 6.07 Å². The molecule has 0 radical (unpaired) electrons. The van der Waals surface area contributed by atoms with Gasteiger partial charge in [0, 0.05) is 18.1 Å². The van der Waals surface area contributed by atoms with E-state index in [0.717, 1.165) is 6.42 Å². The standard InChI is InChI=1S/C10H13ClN2O/c1-8(5-6-11)13-10(14)9-4-2-3-7-12-9/h2-4,7-8H,5-6H2,1H3,(H,13,14). The van der Waals surface area contributed by atoms with Crippen LogP contribution in [-0.2, 0) is 0 Å². The minimum Gasteiger partial charge on any atom is -0.348 e. The zero-order valence-electron chi connectivity index (χ0n) is 8.03. The average molecular weight is 213 g/mol. The van der Waals surface area contributed by atoms with E-state index in [1.165, 1.54) is 0 Å². The van der Waals surface area contributed by atoms with Crippen molar-refractivity contribution in [3.63, 3.8) is 0 Å². The monoisotopic (exact) mass is 212 g/mol. The highest BCUT2D eigenvalue weighted by Crippen LogP contribution is 1.97. The first-order valence-corrected chi connectivity index (χ1v) is 5.05. The maximum Gasteiger partial charge on any atom is 0.270 e. The van der Waals surface area contributed by atoms with Crippen molar-refractivity contribution < 1.29 is 4.79 Å². The number of aromatic nitrogens is 1. The van der Waals surface area contributed by atoms with Crippen molar-refractivity contribution in [1.82, 2.24) is 10.3 Å². The van der Waals surface area contributed by atoms with Crippen molar-refractivity contribution >= 4 is 17.5 Å². The molecule has 0 aliphatic carbocycles. The Morgan fingerprint density at radius 2 is 2.43 bits per heavy atom. The summed E-state index contributed by atoms with van der Waals surface area (Å²) in [4.78, 5) is 15.5. The number of alkyl halides is 1. The van der Waals surface area contributed by atoms with Crippen molar-refractivity contribution in [2.24, 2.45) is 0 Å². The lowest BCUT2D eigenvalue weighted by Gasteiger charge is -2.11. The Hall–Kier alpha value is -1.09. The normalized spacial score (nSPS) is 12.1. The highest BCUT2D eigenvalue weighted by atomic mass is 35.5. The lowest BCUT2D eigenvalue weighted by Crippen LogP contribution is -2.33. The van der Waals surface area contributed by atoms with Crippen LogP contribution in [0.4, 0.5) is 0 Å². The zero-order chi connectivity index (χ0) is 10.4. The second-order valence-electron chi connectivity index (χ2n) is 3.07. The number of nitrogens with zero attached hydrogens (tertiary/aromatic N) is 1. The van der Waals surface area contributed by atoms with Gasteiger partial charge in [0.25, 0.3) is 5.91 Å². The Bertz CT molecular complexity index is 289. The molecule has 0 spiro atoms. The van der Waals surface area contributed by atoms with Crippen LogP contribution in [0.5, 0.6) is 0 Å². The van der Waals surface area contributed by atoms with Crippen LogP contribution in [0.3, 0.4) is 0 Å². The molecule has 1 heterocycles. The molecule has 1 atom stereocenters. The van der Waals surface area contributed by atoms with Gasteiger partial charge in [-0.2, -0.15) is 0 Å². The Morgan fingerprint density at radius 1 is 1.64 bits per heavy atom. The lowest BCUT2D eigenvalue weighted by atomic mass is 10.2. The summed E-state index contributed by atoms with van der Waals surface area (Å²) in [5.41, 5.74) is 0.439. The Labute approximate surface area is 88.5 Å². The fraction of sp³-hybridized carbons (Fsp3) is 0.400. The van der Waals surface area contributed by atoms with Crippen LogP contribution in [0.2, 0.25) is 0 Å². The average Bonchev–Trinajstić information content (AvgIpc) is 2.19. The number of carbonyl (C=O) groups excluding carboxylic acids is 1. The van der Waals surface area contributed by atoms with Gasteiger partial charge in [-0.15, -0.1) is 11.6 Å². The van der Waals surface area contributed by atoms with Crippen molar-refractivity contribution in [2.75, 3.05) is 5.88 Å². The van der Waals surface area contributed by atoms with E-state index in [4.69, 9.17) is 11.6 Å². The molecule has 4 heteroatoms. The van der Waals surface area contributed by atoms with E-state index < -0.39 is 0 Å². The molecule has 0 saturated carbocycles. The molecule has 1 rings (SSSR count). The summed E-state index contributed by atoms with van der Waals surface area (Å²) in [6.45, 7) is 1.92. The molecule has 0 bridgehead atoms. The van der Waals surface area contributed by atoms with Crippen molar-refractivity contribution in [3.05, 3.63) is 30.1 Å². The SMILES string of the molecule is CC(CCCl)NC(=O)c1ccccn1. The van der Waals surface area contributed by atoms with Gasteiger partial charge in [0.2, 0.25) is 0 Å². The van der Waals surface area contributed by atoms with Crippen LogP contribution in [0.25, 0.3) is 0 Å². The van der Waals surface area contributed by atoms with E-state index in [0.29, 0.717) is 11.6 Å². The molecule has 3 nitrogen and oxygen atoms in total. The second kappa shape index (κ2) is 5.60. The quantitative estimate of drug-likeness (QED) is 0.774. The minimum absolute atomic E-state index is 0.0852.